The minimum absolute atomic E-state index is 0.225. The van der Waals surface area contributed by atoms with Gasteiger partial charge in [0, 0.05) is 24.0 Å². The number of carbonyl (C=O) groups excluding carboxylic acids is 1. The van der Waals surface area contributed by atoms with Crippen LogP contribution in [-0.4, -0.2) is 95.7 Å². The molecule has 3 fully saturated rings. The molecular formula is C41H52F3N7O. The zero-order valence-corrected chi connectivity index (χ0v) is 30.9. The third-order valence-corrected chi connectivity index (χ3v) is 11.7. The molecule has 1 amide bonds. The Morgan fingerprint density at radius 3 is 2.37 bits per heavy atom. The maximum atomic E-state index is 13.6. The molecule has 2 aromatic heterocycles. The number of nitrogens with one attached hydrogen (secondary N) is 1. The van der Waals surface area contributed by atoms with E-state index in [1.54, 1.807) is 38.2 Å². The Bertz CT molecular complexity index is 1790. The molecule has 0 saturated carbocycles. The largest absolute Gasteiger partial charge is 0.406 e. The van der Waals surface area contributed by atoms with E-state index in [0.29, 0.717) is 40.5 Å². The quantitative estimate of drug-likeness (QED) is 0.245. The minimum atomic E-state index is -4.39. The second kappa shape index (κ2) is 15.9. The number of likely N-dealkylation sites (tertiary alicyclic amines) is 3. The Labute approximate surface area is 306 Å². The van der Waals surface area contributed by atoms with Gasteiger partial charge in [-0.1, -0.05) is 12.0 Å². The van der Waals surface area contributed by atoms with Gasteiger partial charge in [0.15, 0.2) is 0 Å². The average Bonchev–Trinajstić information content (AvgIpc) is 3.46. The van der Waals surface area contributed by atoms with Gasteiger partial charge in [-0.2, -0.15) is 18.4 Å². The highest BCUT2D eigenvalue weighted by atomic mass is 19.4. The molecule has 52 heavy (non-hydrogen) atoms. The van der Waals surface area contributed by atoms with Crippen molar-refractivity contribution in [3.05, 3.63) is 59.5 Å². The van der Waals surface area contributed by atoms with Gasteiger partial charge in [-0.05, 0) is 152 Å². The molecule has 3 saturated heterocycles. The van der Waals surface area contributed by atoms with Crippen molar-refractivity contribution in [1.29, 1.82) is 5.26 Å². The van der Waals surface area contributed by atoms with Gasteiger partial charge in [0.1, 0.15) is 6.54 Å². The lowest BCUT2D eigenvalue weighted by Gasteiger charge is -2.46. The molecule has 0 unspecified atom stereocenters. The van der Waals surface area contributed by atoms with Crippen molar-refractivity contribution in [2.45, 2.75) is 83.4 Å². The number of nitriles is 1. The van der Waals surface area contributed by atoms with Crippen LogP contribution in [0.1, 0.15) is 75.7 Å². The number of carbonyl (C=O) groups is 1. The Hall–Kier alpha value is -4.06. The molecule has 1 N–H and O–H groups in total. The lowest BCUT2D eigenvalue weighted by molar-refractivity contribution is -0.140. The summed E-state index contributed by atoms with van der Waals surface area (Å²) >= 11 is 0. The molecule has 0 atom stereocenters. The second-order valence-electron chi connectivity index (χ2n) is 15.9. The van der Waals surface area contributed by atoms with Crippen molar-refractivity contribution in [3.8, 4) is 17.9 Å². The van der Waals surface area contributed by atoms with Gasteiger partial charge in [-0.3, -0.25) is 14.7 Å². The topological polar surface area (TPSA) is 80.4 Å². The number of piperidine rings is 3. The molecule has 5 heterocycles. The molecule has 3 aromatic rings. The third kappa shape index (κ3) is 9.48. The van der Waals surface area contributed by atoms with Crippen LogP contribution < -0.4 is 5.32 Å². The van der Waals surface area contributed by atoms with E-state index in [0.717, 1.165) is 62.8 Å². The summed E-state index contributed by atoms with van der Waals surface area (Å²) in [5.74, 6) is 6.69. The molecule has 0 radical (unpaired) electrons. The minimum Gasteiger partial charge on any atom is -0.373 e. The number of rotatable bonds is 9. The first kappa shape index (κ1) is 37.7. The first-order valence-electron chi connectivity index (χ1n) is 18.8. The van der Waals surface area contributed by atoms with E-state index in [-0.39, 0.29) is 12.5 Å². The molecule has 1 spiro atoms. The number of pyridine rings is 1. The van der Waals surface area contributed by atoms with Crippen LogP contribution in [0.4, 0.5) is 18.9 Å². The molecule has 11 heteroatoms. The lowest BCUT2D eigenvalue weighted by atomic mass is 9.71. The number of halogens is 3. The van der Waals surface area contributed by atoms with Crippen LogP contribution in [0.25, 0.3) is 10.9 Å². The van der Waals surface area contributed by atoms with Crippen molar-refractivity contribution in [2.24, 2.45) is 11.3 Å². The molecule has 6 rings (SSSR count). The van der Waals surface area contributed by atoms with Gasteiger partial charge in [0.05, 0.1) is 47.8 Å². The SMILES string of the molecule is CN1CCC2(CC1)CCN(CC(=O)N1CCC(CCc3ccc4c(c3)cc(C#CCNc3ccc(C(C)(C)C#N)nc3)n4CC(F)(F)F)CC1)CC2. The monoisotopic (exact) mass is 715 g/mol. The summed E-state index contributed by atoms with van der Waals surface area (Å²) in [5.41, 5.74) is 3.08. The number of benzene rings is 1. The highest BCUT2D eigenvalue weighted by Crippen LogP contribution is 2.41. The van der Waals surface area contributed by atoms with Crippen molar-refractivity contribution in [1.82, 2.24) is 24.3 Å². The fourth-order valence-electron chi connectivity index (χ4n) is 8.05. The predicted molar refractivity (Wildman–Crippen MR) is 199 cm³/mol. The van der Waals surface area contributed by atoms with E-state index < -0.39 is 18.1 Å². The Morgan fingerprint density at radius 2 is 1.71 bits per heavy atom. The Kier molecular flexibility index (Phi) is 11.5. The molecule has 0 aliphatic carbocycles. The highest BCUT2D eigenvalue weighted by molar-refractivity contribution is 5.83. The van der Waals surface area contributed by atoms with Crippen LogP contribution in [0, 0.1) is 34.5 Å². The van der Waals surface area contributed by atoms with Gasteiger partial charge < -0.3 is 19.7 Å². The number of hydrogen-bond donors (Lipinski definition) is 1. The fraction of sp³-hybridized carbons (Fsp3) is 0.585. The Morgan fingerprint density at radius 1 is 1.00 bits per heavy atom. The molecule has 278 valence electrons. The van der Waals surface area contributed by atoms with Crippen LogP contribution in [-0.2, 0) is 23.2 Å². The van der Waals surface area contributed by atoms with Crippen LogP contribution >= 0.6 is 0 Å². The van der Waals surface area contributed by atoms with E-state index in [1.807, 2.05) is 23.1 Å². The summed E-state index contributed by atoms with van der Waals surface area (Å²) in [6, 6.07) is 13.3. The van der Waals surface area contributed by atoms with E-state index >= 15 is 0 Å². The van der Waals surface area contributed by atoms with Gasteiger partial charge in [0.25, 0.3) is 0 Å². The number of aryl methyl sites for hydroxylation is 1. The zero-order valence-electron chi connectivity index (χ0n) is 30.9. The van der Waals surface area contributed by atoms with E-state index in [4.69, 9.17) is 0 Å². The molecule has 0 bridgehead atoms. The maximum Gasteiger partial charge on any atom is 0.406 e. The number of amides is 1. The predicted octanol–water partition coefficient (Wildman–Crippen LogP) is 6.84. The second-order valence-corrected chi connectivity index (χ2v) is 15.9. The van der Waals surface area contributed by atoms with E-state index in [2.05, 4.69) is 45.1 Å². The van der Waals surface area contributed by atoms with Gasteiger partial charge in [-0.15, -0.1) is 0 Å². The summed E-state index contributed by atoms with van der Waals surface area (Å²) < 4.78 is 42.1. The average molecular weight is 716 g/mol. The number of alkyl halides is 3. The molecule has 8 nitrogen and oxygen atoms in total. The number of fused-ring (bicyclic) bond motifs is 1. The van der Waals surface area contributed by atoms with Crippen LogP contribution in [0.5, 0.6) is 0 Å². The molecule has 3 aliphatic rings. The Balaban J connectivity index is 0.993. The van der Waals surface area contributed by atoms with Crippen molar-refractivity contribution in [3.63, 3.8) is 0 Å². The van der Waals surface area contributed by atoms with Gasteiger partial charge in [0.2, 0.25) is 5.91 Å². The summed E-state index contributed by atoms with van der Waals surface area (Å²) in [5, 5.41) is 13.2. The third-order valence-electron chi connectivity index (χ3n) is 11.7. The van der Waals surface area contributed by atoms with Crippen LogP contribution in [0.3, 0.4) is 0 Å². The number of aromatic nitrogens is 2. The molecular weight excluding hydrogens is 663 g/mol. The lowest BCUT2D eigenvalue weighted by Crippen LogP contribution is -2.49. The van der Waals surface area contributed by atoms with E-state index in [1.165, 1.54) is 43.3 Å². The fourth-order valence-corrected chi connectivity index (χ4v) is 8.05. The first-order valence-corrected chi connectivity index (χ1v) is 18.8. The maximum absolute atomic E-state index is 13.6. The van der Waals surface area contributed by atoms with Gasteiger partial charge in [-0.25, -0.2) is 0 Å². The van der Waals surface area contributed by atoms with Crippen molar-refractivity contribution < 1.29 is 18.0 Å². The number of hydrogen-bond acceptors (Lipinski definition) is 6. The summed E-state index contributed by atoms with van der Waals surface area (Å²) in [6.07, 6.45) is 6.02. The van der Waals surface area contributed by atoms with Crippen molar-refractivity contribution >= 4 is 22.5 Å². The summed E-state index contributed by atoms with van der Waals surface area (Å²) in [4.78, 5) is 24.4. The molecule has 1 aromatic carbocycles. The van der Waals surface area contributed by atoms with Gasteiger partial charge >= 0.3 is 6.18 Å². The van der Waals surface area contributed by atoms with Crippen molar-refractivity contribution in [2.75, 3.05) is 64.7 Å². The zero-order chi connectivity index (χ0) is 36.9. The smallest absolute Gasteiger partial charge is 0.373 e. The number of nitrogens with zero attached hydrogens (tertiary/aromatic N) is 6. The first-order chi connectivity index (χ1) is 24.8. The normalized spacial score (nSPS) is 19.0. The number of anilines is 1. The van der Waals surface area contributed by atoms with E-state index in [9.17, 15) is 23.2 Å². The van der Waals surface area contributed by atoms with Crippen LogP contribution in [0.2, 0.25) is 0 Å². The standard InChI is InChI=1S/C41H52F3N7O/c1-39(2,29-45)37-11-9-34(27-47-37)46-18-4-5-35-26-33-25-32(8-10-36(33)51(35)30-41(42,43)44)7-6-31-12-19-50(20-13-31)38(52)28-49-23-16-40(17-24-49)14-21-48(3)22-15-40/h8-11,25-27,31,46H,6-7,12-24,28,30H2,1-3H3. The molecule has 3 aliphatic heterocycles. The summed E-state index contributed by atoms with van der Waals surface area (Å²) in [6.45, 7) is 9.26. The van der Waals surface area contributed by atoms with Crippen LogP contribution in [0.15, 0.2) is 42.6 Å². The summed E-state index contributed by atoms with van der Waals surface area (Å²) in [7, 11) is 2.21. The highest BCUT2D eigenvalue weighted by Gasteiger charge is 2.37.